The predicted octanol–water partition coefficient (Wildman–Crippen LogP) is 3.78. The molecule has 6 nitrogen and oxygen atoms in total. The van der Waals surface area contributed by atoms with Crippen LogP contribution < -0.4 is 15.8 Å². The van der Waals surface area contributed by atoms with Gasteiger partial charge >= 0.3 is 0 Å². The van der Waals surface area contributed by atoms with Crippen molar-refractivity contribution in [3.63, 3.8) is 0 Å². The summed E-state index contributed by atoms with van der Waals surface area (Å²) in [6.07, 6.45) is 0.846. The van der Waals surface area contributed by atoms with E-state index >= 15 is 0 Å². The maximum atomic E-state index is 5.84. The van der Waals surface area contributed by atoms with Crippen molar-refractivity contribution < 1.29 is 4.74 Å². The summed E-state index contributed by atoms with van der Waals surface area (Å²) in [5, 5.41) is 7.82. The summed E-state index contributed by atoms with van der Waals surface area (Å²) in [4.78, 5) is 4.34. The van der Waals surface area contributed by atoms with Gasteiger partial charge in [0.1, 0.15) is 5.75 Å². The number of hydrogen-bond acceptors (Lipinski definition) is 5. The summed E-state index contributed by atoms with van der Waals surface area (Å²) in [5.74, 6) is 1.81. The van der Waals surface area contributed by atoms with Crippen molar-refractivity contribution in [3.05, 3.63) is 64.1 Å². The first-order valence-electron chi connectivity index (χ1n) is 8.02. The Kier molecular flexibility index (Phi) is 4.09. The zero-order valence-corrected chi connectivity index (χ0v) is 15.3. The lowest BCUT2D eigenvalue weighted by Crippen LogP contribution is -2.28. The molecule has 0 fully saturated rings. The monoisotopic (exact) mass is 399 g/mol. The lowest BCUT2D eigenvalue weighted by Gasteiger charge is -2.31. The van der Waals surface area contributed by atoms with Crippen LogP contribution in [0.4, 0.5) is 11.9 Å². The minimum absolute atomic E-state index is 0.0608. The van der Waals surface area contributed by atoms with Gasteiger partial charge in [0.15, 0.2) is 0 Å². The van der Waals surface area contributed by atoms with Gasteiger partial charge < -0.3 is 15.8 Å². The van der Waals surface area contributed by atoms with Gasteiger partial charge in [0.05, 0.1) is 19.2 Å². The van der Waals surface area contributed by atoms with Crippen molar-refractivity contribution in [1.82, 2.24) is 14.8 Å². The molecule has 0 saturated heterocycles. The van der Waals surface area contributed by atoms with Crippen molar-refractivity contribution in [2.45, 2.75) is 18.5 Å². The normalized spacial score (nSPS) is 19.1. The van der Waals surface area contributed by atoms with Crippen molar-refractivity contribution in [3.8, 4) is 5.75 Å². The first kappa shape index (κ1) is 16.0. The van der Waals surface area contributed by atoms with Gasteiger partial charge in [-0.3, -0.25) is 0 Å². The third kappa shape index (κ3) is 3.07. The molecule has 2 atom stereocenters. The molecule has 0 radical (unpaired) electrons. The van der Waals surface area contributed by atoms with E-state index in [1.54, 1.807) is 7.11 Å². The molecule has 2 heterocycles. The minimum atomic E-state index is 0.0608. The van der Waals surface area contributed by atoms with Gasteiger partial charge in [-0.25, -0.2) is 4.68 Å². The van der Waals surface area contributed by atoms with Crippen LogP contribution in [0.5, 0.6) is 5.75 Å². The zero-order chi connectivity index (χ0) is 17.4. The number of nitrogen functional groups attached to an aromatic ring is 1. The van der Waals surface area contributed by atoms with Crippen LogP contribution in [0, 0.1) is 0 Å². The number of benzene rings is 2. The Morgan fingerprint density at radius 3 is 2.72 bits per heavy atom. The molecule has 0 saturated carbocycles. The SMILES string of the molecule is COc1ccc([C@@H]2C[C@@H](c3cccc(Br)c3)n3nc(N)nc3N2)cc1. The van der Waals surface area contributed by atoms with Gasteiger partial charge in [-0.2, -0.15) is 4.98 Å². The van der Waals surface area contributed by atoms with Gasteiger partial charge in [-0.15, -0.1) is 5.10 Å². The highest BCUT2D eigenvalue weighted by atomic mass is 79.9. The maximum absolute atomic E-state index is 5.84. The van der Waals surface area contributed by atoms with Crippen LogP contribution >= 0.6 is 15.9 Å². The molecule has 1 aromatic heterocycles. The quantitative estimate of drug-likeness (QED) is 0.700. The topological polar surface area (TPSA) is 78.0 Å². The number of nitrogens with two attached hydrogens (primary N) is 1. The largest absolute Gasteiger partial charge is 0.497 e. The lowest BCUT2D eigenvalue weighted by molar-refractivity contribution is 0.413. The number of halogens is 1. The number of aromatic nitrogens is 3. The summed E-state index contributed by atoms with van der Waals surface area (Å²) in [5.41, 5.74) is 8.18. The summed E-state index contributed by atoms with van der Waals surface area (Å²) in [6, 6.07) is 16.5. The van der Waals surface area contributed by atoms with Crippen LogP contribution in [0.25, 0.3) is 0 Å². The summed E-state index contributed by atoms with van der Waals surface area (Å²) >= 11 is 3.55. The number of ether oxygens (including phenoxy) is 1. The standard InChI is InChI=1S/C18H18BrN5O/c1-25-14-7-5-11(6-8-14)15-10-16(12-3-2-4-13(19)9-12)24-18(21-15)22-17(20)23-24/h2-9,15-16H,10H2,1H3,(H3,20,21,22,23)/t15-,16-/m0/s1. The van der Waals surface area contributed by atoms with E-state index in [1.807, 2.05) is 28.9 Å². The molecule has 4 rings (SSSR count). The second kappa shape index (κ2) is 6.40. The van der Waals surface area contributed by atoms with Crippen LogP contribution in [0.2, 0.25) is 0 Å². The molecule has 0 aliphatic carbocycles. The Balaban J connectivity index is 1.73. The molecule has 3 N–H and O–H groups in total. The zero-order valence-electron chi connectivity index (χ0n) is 13.7. The molecule has 128 valence electrons. The highest BCUT2D eigenvalue weighted by molar-refractivity contribution is 9.10. The van der Waals surface area contributed by atoms with Gasteiger partial charge in [0.2, 0.25) is 11.9 Å². The van der Waals surface area contributed by atoms with Gasteiger partial charge in [-0.1, -0.05) is 40.2 Å². The molecule has 2 aromatic carbocycles. The molecule has 0 bridgehead atoms. The third-order valence-electron chi connectivity index (χ3n) is 4.46. The van der Waals surface area contributed by atoms with Crippen LogP contribution in [0.3, 0.4) is 0 Å². The van der Waals surface area contributed by atoms with Crippen molar-refractivity contribution in [1.29, 1.82) is 0 Å². The molecular formula is C18H18BrN5O. The lowest BCUT2D eigenvalue weighted by atomic mass is 9.93. The Morgan fingerprint density at radius 2 is 2.00 bits per heavy atom. The predicted molar refractivity (Wildman–Crippen MR) is 101 cm³/mol. The maximum Gasteiger partial charge on any atom is 0.241 e. The Bertz CT molecular complexity index is 893. The Morgan fingerprint density at radius 1 is 1.20 bits per heavy atom. The van der Waals surface area contributed by atoms with Gasteiger partial charge in [-0.05, 0) is 41.8 Å². The second-order valence-corrected chi connectivity index (χ2v) is 6.93. The molecule has 7 heteroatoms. The van der Waals surface area contributed by atoms with E-state index in [0.29, 0.717) is 5.95 Å². The molecule has 1 aliphatic heterocycles. The van der Waals surface area contributed by atoms with Crippen LogP contribution in [-0.2, 0) is 0 Å². The van der Waals surface area contributed by atoms with E-state index in [9.17, 15) is 0 Å². The number of anilines is 2. The number of rotatable bonds is 3. The fourth-order valence-corrected chi connectivity index (χ4v) is 3.66. The van der Waals surface area contributed by atoms with Crippen molar-refractivity contribution >= 4 is 27.8 Å². The van der Waals surface area contributed by atoms with E-state index in [4.69, 9.17) is 10.5 Å². The van der Waals surface area contributed by atoms with Gasteiger partial charge in [0.25, 0.3) is 0 Å². The highest BCUT2D eigenvalue weighted by Crippen LogP contribution is 2.38. The summed E-state index contributed by atoms with van der Waals surface area (Å²) < 4.78 is 8.16. The van der Waals surface area contributed by atoms with E-state index in [0.717, 1.165) is 16.6 Å². The smallest absolute Gasteiger partial charge is 0.241 e. The van der Waals surface area contributed by atoms with Crippen LogP contribution in [0.1, 0.15) is 29.6 Å². The highest BCUT2D eigenvalue weighted by Gasteiger charge is 2.30. The van der Waals surface area contributed by atoms with E-state index < -0.39 is 0 Å². The van der Waals surface area contributed by atoms with Crippen molar-refractivity contribution in [2.24, 2.45) is 0 Å². The summed E-state index contributed by atoms with van der Waals surface area (Å²) in [7, 11) is 1.67. The molecule has 0 spiro atoms. The molecule has 3 aromatic rings. The van der Waals surface area contributed by atoms with Crippen LogP contribution in [-0.4, -0.2) is 21.9 Å². The number of nitrogens with zero attached hydrogens (tertiary/aromatic N) is 3. The second-order valence-electron chi connectivity index (χ2n) is 6.01. The van der Waals surface area contributed by atoms with E-state index in [-0.39, 0.29) is 18.0 Å². The number of methoxy groups -OCH3 is 1. The number of hydrogen-bond donors (Lipinski definition) is 2. The van der Waals surface area contributed by atoms with Crippen molar-refractivity contribution in [2.75, 3.05) is 18.2 Å². The average molecular weight is 400 g/mol. The van der Waals surface area contributed by atoms with Crippen LogP contribution in [0.15, 0.2) is 53.0 Å². The van der Waals surface area contributed by atoms with E-state index in [1.165, 1.54) is 11.1 Å². The molecular weight excluding hydrogens is 382 g/mol. The Hall–Kier alpha value is -2.54. The molecule has 0 amide bonds. The van der Waals surface area contributed by atoms with Gasteiger partial charge in [0, 0.05) is 4.47 Å². The Labute approximate surface area is 154 Å². The first-order valence-corrected chi connectivity index (χ1v) is 8.81. The minimum Gasteiger partial charge on any atom is -0.497 e. The number of nitrogens with one attached hydrogen (secondary N) is 1. The molecule has 0 unspecified atom stereocenters. The third-order valence-corrected chi connectivity index (χ3v) is 4.95. The average Bonchev–Trinajstić information content (AvgIpc) is 3.01. The number of fused-ring (bicyclic) bond motifs is 1. The molecule has 1 aliphatic rings. The fourth-order valence-electron chi connectivity index (χ4n) is 3.24. The molecule has 25 heavy (non-hydrogen) atoms. The van der Waals surface area contributed by atoms with E-state index in [2.05, 4.69) is 55.6 Å². The first-order chi connectivity index (χ1) is 12.1. The fraction of sp³-hybridized carbons (Fsp3) is 0.222. The summed E-state index contributed by atoms with van der Waals surface area (Å²) in [6.45, 7) is 0.